The van der Waals surface area contributed by atoms with E-state index in [9.17, 15) is 14.4 Å². The summed E-state index contributed by atoms with van der Waals surface area (Å²) in [6.07, 6.45) is 2.25. The first-order chi connectivity index (χ1) is 12.5. The maximum absolute atomic E-state index is 12.8. The third-order valence-electron chi connectivity index (χ3n) is 5.22. The van der Waals surface area contributed by atoms with E-state index in [-0.39, 0.29) is 30.1 Å². The number of hydrogen-bond donors (Lipinski definition) is 3. The van der Waals surface area contributed by atoms with Gasteiger partial charge in [0.15, 0.2) is 0 Å². The van der Waals surface area contributed by atoms with E-state index in [1.807, 2.05) is 24.3 Å². The van der Waals surface area contributed by atoms with Crippen LogP contribution in [-0.4, -0.2) is 44.5 Å². The fourth-order valence-electron chi connectivity index (χ4n) is 3.66. The van der Waals surface area contributed by atoms with Gasteiger partial charge in [0.05, 0.1) is 17.9 Å². The minimum Gasteiger partial charge on any atom is -0.384 e. The molecule has 2 heterocycles. The summed E-state index contributed by atoms with van der Waals surface area (Å²) >= 11 is 0. The van der Waals surface area contributed by atoms with E-state index in [1.165, 1.54) is 0 Å². The Bertz CT molecular complexity index is 675. The van der Waals surface area contributed by atoms with Crippen molar-refractivity contribution in [2.45, 2.75) is 25.7 Å². The molecular formula is C19H25N3O4. The van der Waals surface area contributed by atoms with Gasteiger partial charge in [0.25, 0.3) is 0 Å². The smallest absolute Gasteiger partial charge is 0.233 e. The molecule has 2 aliphatic rings. The SMILES string of the molecule is COCC1(C(=O)Nc2ccc(CC3CC(=O)NC3=O)cc2)CCNCC1. The Morgan fingerprint density at radius 2 is 1.92 bits per heavy atom. The van der Waals surface area contributed by atoms with E-state index < -0.39 is 5.41 Å². The van der Waals surface area contributed by atoms with Crippen LogP contribution < -0.4 is 16.0 Å². The molecule has 7 heteroatoms. The highest BCUT2D eigenvalue weighted by Crippen LogP contribution is 2.31. The second-order valence-corrected chi connectivity index (χ2v) is 7.13. The van der Waals surface area contributed by atoms with E-state index in [4.69, 9.17) is 4.74 Å². The number of amides is 3. The van der Waals surface area contributed by atoms with Gasteiger partial charge in [-0.15, -0.1) is 0 Å². The van der Waals surface area contributed by atoms with Crippen LogP contribution in [0.4, 0.5) is 5.69 Å². The molecule has 0 radical (unpaired) electrons. The van der Waals surface area contributed by atoms with Crippen LogP contribution in [0.1, 0.15) is 24.8 Å². The molecule has 2 fully saturated rings. The fourth-order valence-corrected chi connectivity index (χ4v) is 3.66. The fraction of sp³-hybridized carbons (Fsp3) is 0.526. The lowest BCUT2D eigenvalue weighted by Gasteiger charge is -2.35. The maximum Gasteiger partial charge on any atom is 0.233 e. The summed E-state index contributed by atoms with van der Waals surface area (Å²) in [7, 11) is 1.62. The number of carbonyl (C=O) groups is 3. The van der Waals surface area contributed by atoms with Gasteiger partial charge in [-0.1, -0.05) is 12.1 Å². The van der Waals surface area contributed by atoms with Crippen molar-refractivity contribution in [1.29, 1.82) is 0 Å². The van der Waals surface area contributed by atoms with Gasteiger partial charge in [0.1, 0.15) is 0 Å². The Morgan fingerprint density at radius 3 is 2.50 bits per heavy atom. The summed E-state index contributed by atoms with van der Waals surface area (Å²) in [6.45, 7) is 2.01. The number of hydrogen-bond acceptors (Lipinski definition) is 5. The Balaban J connectivity index is 1.62. The van der Waals surface area contributed by atoms with Gasteiger partial charge in [0.2, 0.25) is 17.7 Å². The predicted octanol–water partition coefficient (Wildman–Crippen LogP) is 0.847. The molecule has 0 aromatic heterocycles. The molecule has 1 aromatic rings. The molecule has 2 aliphatic heterocycles. The van der Waals surface area contributed by atoms with Crippen molar-refractivity contribution in [3.63, 3.8) is 0 Å². The standard InChI is InChI=1S/C19H25N3O4/c1-26-12-19(6-8-20-9-7-19)18(25)21-15-4-2-13(3-5-15)10-14-11-16(23)22-17(14)24/h2-5,14,20H,6-12H2,1H3,(H,21,25)(H,22,23,24). The molecule has 140 valence electrons. The Morgan fingerprint density at radius 1 is 1.23 bits per heavy atom. The quantitative estimate of drug-likeness (QED) is 0.654. The number of carbonyl (C=O) groups excluding carboxylic acids is 3. The molecule has 3 N–H and O–H groups in total. The zero-order valence-electron chi connectivity index (χ0n) is 15.0. The maximum atomic E-state index is 12.8. The van der Waals surface area contributed by atoms with Gasteiger partial charge in [-0.2, -0.15) is 0 Å². The Labute approximate surface area is 152 Å². The average Bonchev–Trinajstić information content (AvgIpc) is 2.95. The van der Waals surface area contributed by atoms with E-state index in [0.29, 0.717) is 13.0 Å². The number of piperidine rings is 1. The van der Waals surface area contributed by atoms with Crippen LogP contribution in [-0.2, 0) is 25.5 Å². The molecule has 3 rings (SSSR count). The van der Waals surface area contributed by atoms with Crippen LogP contribution in [0.15, 0.2) is 24.3 Å². The van der Waals surface area contributed by atoms with Gasteiger partial charge in [0, 0.05) is 19.2 Å². The number of imide groups is 1. The summed E-state index contributed by atoms with van der Waals surface area (Å²) in [5.41, 5.74) is 1.19. The van der Waals surface area contributed by atoms with Gasteiger partial charge >= 0.3 is 0 Å². The molecule has 0 spiro atoms. The monoisotopic (exact) mass is 359 g/mol. The summed E-state index contributed by atoms with van der Waals surface area (Å²) in [6, 6.07) is 7.45. The zero-order valence-corrected chi connectivity index (χ0v) is 15.0. The molecule has 3 amide bonds. The molecule has 26 heavy (non-hydrogen) atoms. The van der Waals surface area contributed by atoms with Gasteiger partial charge in [-0.3, -0.25) is 19.7 Å². The van der Waals surface area contributed by atoms with Crippen LogP contribution in [0.2, 0.25) is 0 Å². The van der Waals surface area contributed by atoms with Crippen LogP contribution in [0.5, 0.6) is 0 Å². The molecule has 1 atom stereocenters. The molecule has 1 unspecified atom stereocenters. The summed E-state index contributed by atoms with van der Waals surface area (Å²) in [5.74, 6) is -0.744. The highest BCUT2D eigenvalue weighted by Gasteiger charge is 2.39. The lowest BCUT2D eigenvalue weighted by molar-refractivity contribution is -0.130. The van der Waals surface area contributed by atoms with E-state index in [0.717, 1.165) is 37.2 Å². The lowest BCUT2D eigenvalue weighted by Crippen LogP contribution is -2.47. The molecule has 7 nitrogen and oxygen atoms in total. The zero-order chi connectivity index (χ0) is 18.6. The predicted molar refractivity (Wildman–Crippen MR) is 96.4 cm³/mol. The first-order valence-corrected chi connectivity index (χ1v) is 8.96. The summed E-state index contributed by atoms with van der Waals surface area (Å²) in [5, 5.41) is 8.59. The first kappa shape index (κ1) is 18.5. The van der Waals surface area contributed by atoms with Crippen molar-refractivity contribution in [3.8, 4) is 0 Å². The van der Waals surface area contributed by atoms with Crippen LogP contribution in [0.25, 0.3) is 0 Å². The Hall–Kier alpha value is -2.25. The van der Waals surface area contributed by atoms with Crippen molar-refractivity contribution in [2.24, 2.45) is 11.3 Å². The summed E-state index contributed by atoms with van der Waals surface area (Å²) in [4.78, 5) is 35.7. The topological polar surface area (TPSA) is 96.5 Å². The van der Waals surface area contributed by atoms with E-state index in [2.05, 4.69) is 16.0 Å². The second kappa shape index (κ2) is 7.97. The minimum atomic E-state index is -0.499. The Kier molecular flexibility index (Phi) is 5.68. The number of rotatable bonds is 6. The van der Waals surface area contributed by atoms with Crippen LogP contribution >= 0.6 is 0 Å². The largest absolute Gasteiger partial charge is 0.384 e. The second-order valence-electron chi connectivity index (χ2n) is 7.13. The van der Waals surface area contributed by atoms with Crippen LogP contribution in [0.3, 0.4) is 0 Å². The molecule has 1 aromatic carbocycles. The highest BCUT2D eigenvalue weighted by atomic mass is 16.5. The minimum absolute atomic E-state index is 0.0191. The number of ether oxygens (including phenoxy) is 1. The van der Waals surface area contributed by atoms with E-state index in [1.54, 1.807) is 7.11 Å². The van der Waals surface area contributed by atoms with Crippen molar-refractivity contribution in [2.75, 3.05) is 32.1 Å². The van der Waals surface area contributed by atoms with Gasteiger partial charge in [-0.25, -0.2) is 0 Å². The van der Waals surface area contributed by atoms with Gasteiger partial charge in [-0.05, 0) is 50.0 Å². The first-order valence-electron chi connectivity index (χ1n) is 8.96. The molecule has 0 aliphatic carbocycles. The van der Waals surface area contributed by atoms with Crippen molar-refractivity contribution in [1.82, 2.24) is 10.6 Å². The number of benzene rings is 1. The van der Waals surface area contributed by atoms with Crippen molar-refractivity contribution in [3.05, 3.63) is 29.8 Å². The van der Waals surface area contributed by atoms with Gasteiger partial charge < -0.3 is 15.4 Å². The highest BCUT2D eigenvalue weighted by molar-refractivity contribution is 6.03. The molecule has 0 saturated carbocycles. The number of nitrogens with one attached hydrogen (secondary N) is 3. The molecule has 0 bridgehead atoms. The molecule has 2 saturated heterocycles. The third kappa shape index (κ3) is 4.11. The lowest BCUT2D eigenvalue weighted by atomic mass is 9.78. The average molecular weight is 359 g/mol. The normalized spacial score (nSPS) is 22.1. The van der Waals surface area contributed by atoms with E-state index >= 15 is 0 Å². The third-order valence-corrected chi connectivity index (χ3v) is 5.22. The summed E-state index contributed by atoms with van der Waals surface area (Å²) < 4.78 is 5.30. The molecular weight excluding hydrogens is 334 g/mol. The van der Waals surface area contributed by atoms with Crippen molar-refractivity contribution < 1.29 is 19.1 Å². The number of anilines is 1. The van der Waals surface area contributed by atoms with Crippen molar-refractivity contribution >= 4 is 23.4 Å². The number of methoxy groups -OCH3 is 1. The van der Waals surface area contributed by atoms with Crippen LogP contribution in [0, 0.1) is 11.3 Å².